The van der Waals surface area contributed by atoms with Crippen LogP contribution in [0.4, 0.5) is 5.69 Å². The fourth-order valence-electron chi connectivity index (χ4n) is 3.10. The largest absolute Gasteiger partial charge is 0.497 e. The SMILES string of the molecule is COc1cccc(OCc2nnc3n2N=C(c2ccc(NC(=O)C(C)C)cc2)[C@H](C)S3)c1. The van der Waals surface area contributed by atoms with Gasteiger partial charge in [0.15, 0.2) is 5.82 Å². The van der Waals surface area contributed by atoms with E-state index < -0.39 is 0 Å². The van der Waals surface area contributed by atoms with Crippen molar-refractivity contribution in [3.05, 3.63) is 59.9 Å². The molecule has 0 fully saturated rings. The number of thioether (sulfide) groups is 1. The molecule has 0 bridgehead atoms. The van der Waals surface area contributed by atoms with Crippen molar-refractivity contribution >= 4 is 29.1 Å². The molecule has 4 rings (SSSR count). The topological polar surface area (TPSA) is 90.6 Å². The number of carbonyl (C=O) groups is 1. The Labute approximate surface area is 191 Å². The van der Waals surface area contributed by atoms with Crippen molar-refractivity contribution < 1.29 is 14.3 Å². The maximum Gasteiger partial charge on any atom is 0.226 e. The molecule has 9 heteroatoms. The molecular weight excluding hydrogens is 426 g/mol. The first-order valence-corrected chi connectivity index (χ1v) is 11.2. The number of ether oxygens (including phenoxy) is 2. The Balaban J connectivity index is 1.53. The van der Waals surface area contributed by atoms with Crippen LogP contribution in [0.1, 0.15) is 32.2 Å². The molecule has 1 N–H and O–H groups in total. The summed E-state index contributed by atoms with van der Waals surface area (Å²) >= 11 is 1.60. The Hall–Kier alpha value is -3.33. The summed E-state index contributed by atoms with van der Waals surface area (Å²) in [6.07, 6.45) is 0. The monoisotopic (exact) mass is 451 g/mol. The lowest BCUT2D eigenvalue weighted by Crippen LogP contribution is -2.22. The summed E-state index contributed by atoms with van der Waals surface area (Å²) in [4.78, 5) is 11.9. The van der Waals surface area contributed by atoms with E-state index in [4.69, 9.17) is 14.6 Å². The van der Waals surface area contributed by atoms with E-state index in [1.807, 2.05) is 62.4 Å². The zero-order valence-corrected chi connectivity index (χ0v) is 19.2. The van der Waals surface area contributed by atoms with Crippen molar-refractivity contribution in [2.24, 2.45) is 11.0 Å². The van der Waals surface area contributed by atoms with Crippen LogP contribution in [0.2, 0.25) is 0 Å². The summed E-state index contributed by atoms with van der Waals surface area (Å²) in [5.74, 6) is 1.94. The number of fused-ring (bicyclic) bond motifs is 1. The van der Waals surface area contributed by atoms with Gasteiger partial charge in [-0.2, -0.15) is 9.78 Å². The summed E-state index contributed by atoms with van der Waals surface area (Å²) in [5, 5.41) is 17.1. The van der Waals surface area contributed by atoms with Gasteiger partial charge in [0, 0.05) is 17.7 Å². The van der Waals surface area contributed by atoms with E-state index in [-0.39, 0.29) is 23.7 Å². The van der Waals surface area contributed by atoms with Gasteiger partial charge in [-0.05, 0) is 36.8 Å². The summed E-state index contributed by atoms with van der Waals surface area (Å²) < 4.78 is 12.8. The van der Waals surface area contributed by atoms with Crippen molar-refractivity contribution in [2.45, 2.75) is 37.8 Å². The van der Waals surface area contributed by atoms with E-state index in [9.17, 15) is 4.79 Å². The number of anilines is 1. The third-order valence-electron chi connectivity index (χ3n) is 4.93. The highest BCUT2D eigenvalue weighted by molar-refractivity contribution is 8.00. The van der Waals surface area contributed by atoms with Gasteiger partial charge in [0.2, 0.25) is 11.1 Å². The van der Waals surface area contributed by atoms with Crippen molar-refractivity contribution in [3.63, 3.8) is 0 Å². The molecule has 0 saturated heterocycles. The Bertz CT molecular complexity index is 1140. The molecule has 32 heavy (non-hydrogen) atoms. The number of hydrogen-bond acceptors (Lipinski definition) is 7. The Morgan fingerprint density at radius 3 is 2.62 bits per heavy atom. The standard InChI is InChI=1S/C23H25N5O3S/c1-14(2)22(29)24-17-10-8-16(9-11-17)21-15(3)32-23-26-25-20(28(23)27-21)13-31-19-7-5-6-18(12-19)30-4/h5-12,14-15H,13H2,1-4H3,(H,24,29)/t15-/m0/s1. The van der Waals surface area contributed by atoms with Crippen LogP contribution in [0.25, 0.3) is 0 Å². The molecule has 8 nitrogen and oxygen atoms in total. The Morgan fingerprint density at radius 2 is 1.91 bits per heavy atom. The van der Waals surface area contributed by atoms with Crippen LogP contribution < -0.4 is 14.8 Å². The van der Waals surface area contributed by atoms with E-state index in [1.54, 1.807) is 23.5 Å². The minimum atomic E-state index is -0.0707. The minimum absolute atomic E-state index is 0.00788. The molecule has 0 aliphatic carbocycles. The molecule has 1 aromatic heterocycles. The molecule has 1 aliphatic rings. The number of hydrogen-bond donors (Lipinski definition) is 1. The van der Waals surface area contributed by atoms with Crippen LogP contribution >= 0.6 is 11.8 Å². The first-order chi connectivity index (χ1) is 15.4. The lowest BCUT2D eigenvalue weighted by atomic mass is 10.1. The third-order valence-corrected chi connectivity index (χ3v) is 5.98. The number of carbonyl (C=O) groups excluding carboxylic acids is 1. The van der Waals surface area contributed by atoms with E-state index in [0.717, 1.165) is 27.9 Å². The number of nitrogens with one attached hydrogen (secondary N) is 1. The van der Waals surface area contributed by atoms with Gasteiger partial charge in [-0.3, -0.25) is 4.79 Å². The highest BCUT2D eigenvalue weighted by atomic mass is 32.2. The molecule has 0 unspecified atom stereocenters. The molecule has 1 atom stereocenters. The van der Waals surface area contributed by atoms with Crippen molar-refractivity contribution in [1.29, 1.82) is 0 Å². The molecule has 0 spiro atoms. The van der Waals surface area contributed by atoms with Gasteiger partial charge in [-0.15, -0.1) is 10.2 Å². The molecule has 166 valence electrons. The molecule has 1 aliphatic heterocycles. The van der Waals surface area contributed by atoms with Gasteiger partial charge in [-0.1, -0.05) is 43.8 Å². The van der Waals surface area contributed by atoms with Gasteiger partial charge < -0.3 is 14.8 Å². The van der Waals surface area contributed by atoms with Crippen LogP contribution in [0.3, 0.4) is 0 Å². The highest BCUT2D eigenvalue weighted by Crippen LogP contribution is 2.31. The molecule has 2 heterocycles. The van der Waals surface area contributed by atoms with Gasteiger partial charge in [0.1, 0.15) is 18.1 Å². The van der Waals surface area contributed by atoms with Crippen LogP contribution in [0.5, 0.6) is 11.5 Å². The normalized spacial score (nSPS) is 15.2. The first-order valence-electron chi connectivity index (χ1n) is 10.3. The highest BCUT2D eigenvalue weighted by Gasteiger charge is 2.26. The Morgan fingerprint density at radius 1 is 1.16 bits per heavy atom. The van der Waals surface area contributed by atoms with Crippen LogP contribution in [0, 0.1) is 5.92 Å². The number of benzene rings is 2. The summed E-state index contributed by atoms with van der Waals surface area (Å²) in [6.45, 7) is 6.05. The van der Waals surface area contributed by atoms with Gasteiger partial charge >= 0.3 is 0 Å². The molecule has 0 radical (unpaired) electrons. The lowest BCUT2D eigenvalue weighted by molar-refractivity contribution is -0.118. The Kier molecular flexibility index (Phi) is 6.45. The number of rotatable bonds is 7. The van der Waals surface area contributed by atoms with Crippen LogP contribution in [-0.2, 0) is 11.4 Å². The van der Waals surface area contributed by atoms with Gasteiger partial charge in [0.05, 0.1) is 18.1 Å². The van der Waals surface area contributed by atoms with E-state index in [2.05, 4.69) is 22.4 Å². The second-order valence-corrected chi connectivity index (χ2v) is 8.95. The van der Waals surface area contributed by atoms with Crippen LogP contribution in [-0.4, -0.2) is 38.9 Å². The fourth-order valence-corrected chi connectivity index (χ4v) is 4.05. The molecular formula is C23H25N5O3S. The van der Waals surface area contributed by atoms with Crippen molar-refractivity contribution in [2.75, 3.05) is 12.4 Å². The number of nitrogens with zero attached hydrogens (tertiary/aromatic N) is 4. The second-order valence-electron chi connectivity index (χ2n) is 7.64. The quantitative estimate of drug-likeness (QED) is 0.579. The smallest absolute Gasteiger partial charge is 0.226 e. The van der Waals surface area contributed by atoms with Crippen molar-refractivity contribution in [1.82, 2.24) is 14.9 Å². The predicted molar refractivity (Wildman–Crippen MR) is 125 cm³/mol. The minimum Gasteiger partial charge on any atom is -0.497 e. The predicted octanol–water partition coefficient (Wildman–Crippen LogP) is 4.21. The van der Waals surface area contributed by atoms with E-state index in [0.29, 0.717) is 11.6 Å². The fraction of sp³-hybridized carbons (Fsp3) is 0.304. The number of aromatic nitrogens is 3. The van der Waals surface area contributed by atoms with Gasteiger partial charge in [-0.25, -0.2) is 0 Å². The van der Waals surface area contributed by atoms with Gasteiger partial charge in [0.25, 0.3) is 0 Å². The average Bonchev–Trinajstić information content (AvgIpc) is 3.19. The van der Waals surface area contributed by atoms with E-state index >= 15 is 0 Å². The summed E-state index contributed by atoms with van der Waals surface area (Å²) in [6, 6.07) is 15.1. The summed E-state index contributed by atoms with van der Waals surface area (Å²) in [7, 11) is 1.62. The molecule has 1 amide bonds. The molecule has 0 saturated carbocycles. The zero-order valence-electron chi connectivity index (χ0n) is 18.4. The van der Waals surface area contributed by atoms with Crippen molar-refractivity contribution in [3.8, 4) is 11.5 Å². The zero-order chi connectivity index (χ0) is 22.7. The third kappa shape index (κ3) is 4.77. The maximum atomic E-state index is 11.9. The van der Waals surface area contributed by atoms with E-state index in [1.165, 1.54) is 0 Å². The second kappa shape index (κ2) is 9.44. The average molecular weight is 452 g/mol. The maximum absolute atomic E-state index is 11.9. The number of methoxy groups -OCH3 is 1. The molecule has 2 aromatic carbocycles. The number of amides is 1. The first kappa shape index (κ1) is 21.9. The molecule has 3 aromatic rings. The summed E-state index contributed by atoms with van der Waals surface area (Å²) in [5.41, 5.74) is 2.65. The van der Waals surface area contributed by atoms with Crippen LogP contribution in [0.15, 0.2) is 58.8 Å². The lowest BCUT2D eigenvalue weighted by Gasteiger charge is -2.20.